The molecule has 0 radical (unpaired) electrons. The summed E-state index contributed by atoms with van der Waals surface area (Å²) in [6, 6.07) is 7.39. The van der Waals surface area contributed by atoms with E-state index in [1.165, 1.54) is 12.8 Å². The molecule has 0 bridgehead atoms. The summed E-state index contributed by atoms with van der Waals surface area (Å²) < 4.78 is 25.5. The Hall–Kier alpha value is -1.80. The van der Waals surface area contributed by atoms with E-state index in [4.69, 9.17) is 0 Å². The molecule has 1 saturated heterocycles. The lowest BCUT2D eigenvalue weighted by Crippen LogP contribution is -2.41. The number of amides is 1. The van der Waals surface area contributed by atoms with Gasteiger partial charge in [-0.05, 0) is 64.2 Å². The SMILES string of the molecule is CN(C)CCCNC(=O)CN(c1ccc(N2CCCC2)cc1)S(C)(=O)=O. The van der Waals surface area contributed by atoms with Crippen molar-refractivity contribution in [2.75, 3.05) is 62.3 Å². The summed E-state index contributed by atoms with van der Waals surface area (Å²) in [5, 5.41) is 2.79. The highest BCUT2D eigenvalue weighted by atomic mass is 32.2. The van der Waals surface area contributed by atoms with E-state index in [1.54, 1.807) is 12.1 Å². The van der Waals surface area contributed by atoms with Gasteiger partial charge in [0.1, 0.15) is 6.54 Å². The van der Waals surface area contributed by atoms with E-state index in [0.717, 1.165) is 42.3 Å². The van der Waals surface area contributed by atoms with Gasteiger partial charge in [-0.2, -0.15) is 0 Å². The lowest BCUT2D eigenvalue weighted by Gasteiger charge is -2.23. The predicted octanol–water partition coefficient (Wildman–Crippen LogP) is 1.12. The normalized spacial score (nSPS) is 14.7. The summed E-state index contributed by atoms with van der Waals surface area (Å²) in [5.74, 6) is -0.294. The fraction of sp³-hybridized carbons (Fsp3) is 0.611. The second-order valence-corrected chi connectivity index (χ2v) is 8.89. The molecule has 0 atom stereocenters. The van der Waals surface area contributed by atoms with Crippen LogP contribution in [-0.4, -0.2) is 72.3 Å². The first kappa shape index (κ1) is 20.5. The summed E-state index contributed by atoms with van der Waals surface area (Å²) in [6.45, 7) is 3.26. The smallest absolute Gasteiger partial charge is 0.240 e. The van der Waals surface area contributed by atoms with Crippen molar-refractivity contribution in [1.82, 2.24) is 10.2 Å². The van der Waals surface area contributed by atoms with Crippen LogP contribution in [0.1, 0.15) is 19.3 Å². The van der Waals surface area contributed by atoms with Crippen molar-refractivity contribution in [2.24, 2.45) is 0 Å². The van der Waals surface area contributed by atoms with E-state index in [-0.39, 0.29) is 12.5 Å². The van der Waals surface area contributed by atoms with Crippen LogP contribution in [0.25, 0.3) is 0 Å². The first-order valence-electron chi connectivity index (χ1n) is 9.01. The lowest BCUT2D eigenvalue weighted by atomic mass is 10.2. The molecule has 7 nitrogen and oxygen atoms in total. The van der Waals surface area contributed by atoms with E-state index in [1.807, 2.05) is 31.1 Å². The number of carbonyl (C=O) groups is 1. The van der Waals surface area contributed by atoms with Gasteiger partial charge in [0.25, 0.3) is 0 Å². The van der Waals surface area contributed by atoms with E-state index in [2.05, 4.69) is 10.2 Å². The Morgan fingerprint density at radius 3 is 2.31 bits per heavy atom. The van der Waals surface area contributed by atoms with Crippen LogP contribution in [0.15, 0.2) is 24.3 Å². The molecule has 1 aromatic rings. The first-order chi connectivity index (χ1) is 12.3. The predicted molar refractivity (Wildman–Crippen MR) is 106 cm³/mol. The van der Waals surface area contributed by atoms with Gasteiger partial charge in [-0.1, -0.05) is 0 Å². The Labute approximate surface area is 157 Å². The van der Waals surface area contributed by atoms with Crippen LogP contribution in [-0.2, 0) is 14.8 Å². The molecule has 0 aliphatic carbocycles. The summed E-state index contributed by atoms with van der Waals surface area (Å²) in [7, 11) is 0.404. The van der Waals surface area contributed by atoms with Gasteiger partial charge in [0.05, 0.1) is 11.9 Å². The van der Waals surface area contributed by atoms with E-state index in [9.17, 15) is 13.2 Å². The fourth-order valence-electron chi connectivity index (χ4n) is 3.01. The van der Waals surface area contributed by atoms with Crippen LogP contribution in [0.5, 0.6) is 0 Å². The molecule has 1 heterocycles. The molecule has 0 unspecified atom stereocenters. The van der Waals surface area contributed by atoms with Gasteiger partial charge in [0, 0.05) is 25.3 Å². The zero-order valence-corrected chi connectivity index (χ0v) is 16.8. The number of nitrogens with one attached hydrogen (secondary N) is 1. The maximum Gasteiger partial charge on any atom is 0.240 e. The number of hydrogen-bond acceptors (Lipinski definition) is 5. The number of rotatable bonds is 9. The van der Waals surface area contributed by atoms with Crippen molar-refractivity contribution in [3.63, 3.8) is 0 Å². The van der Waals surface area contributed by atoms with Gasteiger partial charge in [-0.15, -0.1) is 0 Å². The standard InChI is InChI=1S/C18H30N4O3S/c1-20(2)12-6-11-19-18(23)15-22(26(3,24)25)17-9-7-16(8-10-17)21-13-4-5-14-21/h7-10H,4-6,11-15H2,1-3H3,(H,19,23). The molecule has 1 aliphatic heterocycles. The number of sulfonamides is 1. The summed E-state index contributed by atoms with van der Waals surface area (Å²) in [4.78, 5) is 16.5. The fourth-order valence-corrected chi connectivity index (χ4v) is 3.87. The van der Waals surface area contributed by atoms with Gasteiger partial charge in [-0.25, -0.2) is 8.42 Å². The Kier molecular flexibility index (Phi) is 7.28. The van der Waals surface area contributed by atoms with Crippen LogP contribution >= 0.6 is 0 Å². The number of benzene rings is 1. The monoisotopic (exact) mass is 382 g/mol. The van der Waals surface area contributed by atoms with E-state index < -0.39 is 10.0 Å². The van der Waals surface area contributed by atoms with Crippen molar-refractivity contribution >= 4 is 27.3 Å². The first-order valence-corrected chi connectivity index (χ1v) is 10.9. The third-order valence-corrected chi connectivity index (χ3v) is 5.54. The summed E-state index contributed by atoms with van der Waals surface area (Å²) in [6.07, 6.45) is 4.32. The molecular formula is C18H30N4O3S. The van der Waals surface area contributed by atoms with Crippen LogP contribution in [0.2, 0.25) is 0 Å². The van der Waals surface area contributed by atoms with Gasteiger partial charge >= 0.3 is 0 Å². The van der Waals surface area contributed by atoms with Gasteiger partial charge < -0.3 is 15.1 Å². The third-order valence-electron chi connectivity index (χ3n) is 4.40. The minimum atomic E-state index is -3.54. The molecule has 26 heavy (non-hydrogen) atoms. The molecule has 8 heteroatoms. The minimum absolute atomic E-state index is 0.205. The lowest BCUT2D eigenvalue weighted by molar-refractivity contribution is -0.119. The highest BCUT2D eigenvalue weighted by Crippen LogP contribution is 2.25. The summed E-state index contributed by atoms with van der Waals surface area (Å²) in [5.41, 5.74) is 1.60. The largest absolute Gasteiger partial charge is 0.372 e. The van der Waals surface area contributed by atoms with Gasteiger partial charge in [-0.3, -0.25) is 9.10 Å². The van der Waals surface area contributed by atoms with Gasteiger partial charge in [0.2, 0.25) is 15.9 Å². The highest BCUT2D eigenvalue weighted by Gasteiger charge is 2.21. The quantitative estimate of drug-likeness (QED) is 0.648. The van der Waals surface area contributed by atoms with Crippen molar-refractivity contribution in [1.29, 1.82) is 0 Å². The number of anilines is 2. The Morgan fingerprint density at radius 1 is 1.15 bits per heavy atom. The minimum Gasteiger partial charge on any atom is -0.372 e. The Morgan fingerprint density at radius 2 is 1.77 bits per heavy atom. The zero-order chi connectivity index (χ0) is 19.2. The molecule has 0 spiro atoms. The Balaban J connectivity index is 1.99. The summed E-state index contributed by atoms with van der Waals surface area (Å²) >= 11 is 0. The maximum atomic E-state index is 12.2. The molecular weight excluding hydrogens is 352 g/mol. The molecule has 1 aromatic carbocycles. The number of carbonyl (C=O) groups excluding carboxylic acids is 1. The van der Waals surface area contributed by atoms with Crippen molar-refractivity contribution in [3.8, 4) is 0 Å². The van der Waals surface area contributed by atoms with Crippen molar-refractivity contribution < 1.29 is 13.2 Å². The molecule has 0 aromatic heterocycles. The molecule has 1 N–H and O–H groups in total. The molecule has 146 valence electrons. The zero-order valence-electron chi connectivity index (χ0n) is 15.9. The van der Waals surface area contributed by atoms with Gasteiger partial charge in [0.15, 0.2) is 0 Å². The van der Waals surface area contributed by atoms with Crippen LogP contribution in [0.3, 0.4) is 0 Å². The van der Waals surface area contributed by atoms with Crippen LogP contribution in [0.4, 0.5) is 11.4 Å². The van der Waals surface area contributed by atoms with E-state index in [0.29, 0.717) is 12.2 Å². The average molecular weight is 383 g/mol. The molecule has 1 aliphatic rings. The number of hydrogen-bond donors (Lipinski definition) is 1. The number of nitrogens with zero attached hydrogens (tertiary/aromatic N) is 3. The van der Waals surface area contributed by atoms with E-state index >= 15 is 0 Å². The highest BCUT2D eigenvalue weighted by molar-refractivity contribution is 7.92. The molecule has 2 rings (SSSR count). The molecule has 1 amide bonds. The van der Waals surface area contributed by atoms with Crippen LogP contribution < -0.4 is 14.5 Å². The Bertz CT molecular complexity index is 683. The second-order valence-electron chi connectivity index (χ2n) is 6.99. The van der Waals surface area contributed by atoms with Crippen molar-refractivity contribution in [2.45, 2.75) is 19.3 Å². The average Bonchev–Trinajstić information content (AvgIpc) is 3.10. The topological polar surface area (TPSA) is 73.0 Å². The second kappa shape index (κ2) is 9.23. The third kappa shape index (κ3) is 6.17. The molecule has 1 fully saturated rings. The van der Waals surface area contributed by atoms with Crippen molar-refractivity contribution in [3.05, 3.63) is 24.3 Å². The maximum absolute atomic E-state index is 12.2. The van der Waals surface area contributed by atoms with Crippen LogP contribution in [0, 0.1) is 0 Å². The molecule has 0 saturated carbocycles.